The summed E-state index contributed by atoms with van der Waals surface area (Å²) >= 11 is 0. The maximum atomic E-state index is 11.1. The van der Waals surface area contributed by atoms with Crippen molar-refractivity contribution < 1.29 is 9.53 Å². The summed E-state index contributed by atoms with van der Waals surface area (Å²) in [7, 11) is 0. The lowest BCUT2D eigenvalue weighted by Gasteiger charge is -2.23. The molecule has 2 heteroatoms. The summed E-state index contributed by atoms with van der Waals surface area (Å²) in [6.45, 7) is 5.18. The highest BCUT2D eigenvalue weighted by Crippen LogP contribution is 2.26. The fraction of sp³-hybridized carbons (Fsp3) is 0.929. The Morgan fingerprint density at radius 3 is 2.50 bits per heavy atom. The number of carbonyl (C=O) groups excluding carboxylic acids is 1. The van der Waals surface area contributed by atoms with E-state index < -0.39 is 0 Å². The summed E-state index contributed by atoms with van der Waals surface area (Å²) in [5.74, 6) is 1.49. The van der Waals surface area contributed by atoms with Crippen LogP contribution in [-0.2, 0) is 9.53 Å². The zero-order chi connectivity index (χ0) is 11.8. The minimum Gasteiger partial charge on any atom is -0.466 e. The molecule has 16 heavy (non-hydrogen) atoms. The zero-order valence-corrected chi connectivity index (χ0v) is 10.8. The molecule has 0 spiro atoms. The predicted molar refractivity (Wildman–Crippen MR) is 66.2 cm³/mol. The number of hydrogen-bond acceptors (Lipinski definition) is 2. The molecule has 0 aliphatic carbocycles. The van der Waals surface area contributed by atoms with Crippen molar-refractivity contribution in [1.29, 1.82) is 0 Å². The first-order valence-corrected chi connectivity index (χ1v) is 6.91. The van der Waals surface area contributed by atoms with Gasteiger partial charge >= 0.3 is 5.97 Å². The average molecular weight is 226 g/mol. The molecule has 0 aromatic rings. The van der Waals surface area contributed by atoms with Gasteiger partial charge in [-0.1, -0.05) is 46.0 Å². The molecule has 1 heterocycles. The second-order valence-electron chi connectivity index (χ2n) is 5.10. The van der Waals surface area contributed by atoms with Crippen molar-refractivity contribution in [3.8, 4) is 0 Å². The van der Waals surface area contributed by atoms with Crippen molar-refractivity contribution >= 4 is 5.97 Å². The van der Waals surface area contributed by atoms with Crippen LogP contribution in [0.1, 0.15) is 65.2 Å². The van der Waals surface area contributed by atoms with Gasteiger partial charge < -0.3 is 4.74 Å². The third-order valence-electron chi connectivity index (χ3n) is 3.62. The fourth-order valence-corrected chi connectivity index (χ4v) is 2.70. The molecule has 94 valence electrons. The zero-order valence-electron chi connectivity index (χ0n) is 10.8. The van der Waals surface area contributed by atoms with Gasteiger partial charge in [-0.15, -0.1) is 0 Å². The van der Waals surface area contributed by atoms with E-state index in [9.17, 15) is 4.79 Å². The molecular weight excluding hydrogens is 200 g/mol. The molecule has 2 nitrogen and oxygen atoms in total. The highest BCUT2D eigenvalue weighted by molar-refractivity contribution is 5.70. The monoisotopic (exact) mass is 226 g/mol. The Bertz CT molecular complexity index is 195. The van der Waals surface area contributed by atoms with E-state index in [1.54, 1.807) is 0 Å². The number of rotatable bonds is 7. The lowest BCUT2D eigenvalue weighted by Crippen LogP contribution is -2.21. The molecule has 0 N–H and O–H groups in total. The van der Waals surface area contributed by atoms with Crippen molar-refractivity contribution in [2.24, 2.45) is 11.8 Å². The molecule has 0 aromatic heterocycles. The maximum absolute atomic E-state index is 11.1. The van der Waals surface area contributed by atoms with E-state index in [2.05, 4.69) is 13.8 Å². The first kappa shape index (κ1) is 13.5. The van der Waals surface area contributed by atoms with Crippen LogP contribution in [0.3, 0.4) is 0 Å². The van der Waals surface area contributed by atoms with E-state index in [1.165, 1.54) is 38.5 Å². The van der Waals surface area contributed by atoms with Crippen LogP contribution in [0, 0.1) is 11.8 Å². The Hall–Kier alpha value is -0.530. The van der Waals surface area contributed by atoms with Crippen LogP contribution in [0.4, 0.5) is 0 Å². The van der Waals surface area contributed by atoms with Crippen molar-refractivity contribution in [1.82, 2.24) is 0 Å². The Morgan fingerprint density at radius 1 is 1.25 bits per heavy atom. The Balaban J connectivity index is 2.22. The minimum atomic E-state index is 0.0128. The summed E-state index contributed by atoms with van der Waals surface area (Å²) in [6, 6.07) is 0. The van der Waals surface area contributed by atoms with Crippen LogP contribution < -0.4 is 0 Å². The van der Waals surface area contributed by atoms with E-state index in [4.69, 9.17) is 4.74 Å². The van der Waals surface area contributed by atoms with E-state index in [-0.39, 0.29) is 5.97 Å². The molecule has 0 saturated carbocycles. The molecule has 1 saturated heterocycles. The third-order valence-corrected chi connectivity index (χ3v) is 3.62. The molecule has 0 radical (unpaired) electrons. The number of esters is 1. The molecule has 1 unspecified atom stereocenters. The first-order valence-electron chi connectivity index (χ1n) is 6.91. The molecule has 1 fully saturated rings. The second kappa shape index (κ2) is 7.70. The van der Waals surface area contributed by atoms with E-state index in [0.717, 1.165) is 12.3 Å². The highest BCUT2D eigenvalue weighted by Gasteiger charge is 2.21. The number of cyclic esters (lactones) is 1. The smallest absolute Gasteiger partial charge is 0.306 e. The Kier molecular flexibility index (Phi) is 6.51. The van der Waals surface area contributed by atoms with Gasteiger partial charge in [-0.05, 0) is 24.7 Å². The fourth-order valence-electron chi connectivity index (χ4n) is 2.70. The van der Waals surface area contributed by atoms with Crippen molar-refractivity contribution in [2.75, 3.05) is 6.61 Å². The topological polar surface area (TPSA) is 26.3 Å². The van der Waals surface area contributed by atoms with Gasteiger partial charge in [0, 0.05) is 6.42 Å². The first-order chi connectivity index (χ1) is 7.76. The Labute approximate surface area is 99.8 Å². The second-order valence-corrected chi connectivity index (χ2v) is 5.10. The van der Waals surface area contributed by atoms with Gasteiger partial charge in [0.2, 0.25) is 0 Å². The van der Waals surface area contributed by atoms with Crippen LogP contribution in [0.25, 0.3) is 0 Å². The summed E-state index contributed by atoms with van der Waals surface area (Å²) < 4.78 is 4.97. The van der Waals surface area contributed by atoms with Gasteiger partial charge in [0.1, 0.15) is 0 Å². The van der Waals surface area contributed by atoms with Gasteiger partial charge in [-0.2, -0.15) is 0 Å². The van der Waals surface area contributed by atoms with Crippen LogP contribution in [0.5, 0.6) is 0 Å². The van der Waals surface area contributed by atoms with Crippen LogP contribution >= 0.6 is 0 Å². The van der Waals surface area contributed by atoms with Crippen molar-refractivity contribution in [2.45, 2.75) is 65.2 Å². The van der Waals surface area contributed by atoms with Crippen LogP contribution in [-0.4, -0.2) is 12.6 Å². The lowest BCUT2D eigenvalue weighted by atomic mass is 9.87. The van der Waals surface area contributed by atoms with Gasteiger partial charge in [0.25, 0.3) is 0 Å². The van der Waals surface area contributed by atoms with Gasteiger partial charge in [-0.25, -0.2) is 0 Å². The maximum Gasteiger partial charge on any atom is 0.306 e. The number of ether oxygens (including phenoxy) is 1. The molecule has 1 aliphatic rings. The van der Waals surface area contributed by atoms with Gasteiger partial charge in [0.05, 0.1) is 6.61 Å². The summed E-state index contributed by atoms with van der Waals surface area (Å²) in [5, 5.41) is 0. The molecule has 1 aliphatic heterocycles. The molecular formula is C14H26O2. The molecule has 0 aromatic carbocycles. The molecule has 1 atom stereocenters. The highest BCUT2D eigenvalue weighted by atomic mass is 16.5. The van der Waals surface area contributed by atoms with E-state index >= 15 is 0 Å². The normalized spacial score (nSPS) is 21.2. The van der Waals surface area contributed by atoms with Crippen LogP contribution in [0.15, 0.2) is 0 Å². The predicted octanol–water partition coefficient (Wildman–Crippen LogP) is 3.94. The molecule has 1 rings (SSSR count). The van der Waals surface area contributed by atoms with Crippen molar-refractivity contribution in [3.05, 3.63) is 0 Å². The third kappa shape index (κ3) is 5.00. The van der Waals surface area contributed by atoms with Gasteiger partial charge in [0.15, 0.2) is 0 Å². The van der Waals surface area contributed by atoms with E-state index in [1.807, 2.05) is 0 Å². The van der Waals surface area contributed by atoms with Crippen LogP contribution in [0.2, 0.25) is 0 Å². The number of hydrogen-bond donors (Lipinski definition) is 0. The molecule has 0 bridgehead atoms. The largest absolute Gasteiger partial charge is 0.466 e. The van der Waals surface area contributed by atoms with Crippen molar-refractivity contribution in [3.63, 3.8) is 0 Å². The molecule has 0 amide bonds. The Morgan fingerprint density at radius 2 is 1.94 bits per heavy atom. The lowest BCUT2D eigenvalue weighted by molar-refractivity contribution is -0.149. The SMILES string of the molecule is CCCC(CCC)CCC1CCOC(=O)C1. The number of carbonyl (C=O) groups is 1. The summed E-state index contributed by atoms with van der Waals surface area (Å²) in [6.07, 6.45) is 9.55. The van der Waals surface area contributed by atoms with Gasteiger partial charge in [-0.3, -0.25) is 4.79 Å². The summed E-state index contributed by atoms with van der Waals surface area (Å²) in [5.41, 5.74) is 0. The quantitative estimate of drug-likeness (QED) is 0.615. The standard InChI is InChI=1S/C14H26O2/c1-3-5-12(6-4-2)7-8-13-9-10-16-14(15)11-13/h12-13H,3-11H2,1-2H3. The van der Waals surface area contributed by atoms with E-state index in [0.29, 0.717) is 18.9 Å². The summed E-state index contributed by atoms with van der Waals surface area (Å²) in [4.78, 5) is 11.1. The minimum absolute atomic E-state index is 0.0128. The average Bonchev–Trinajstić information content (AvgIpc) is 2.27.